The van der Waals surface area contributed by atoms with Gasteiger partial charge in [0, 0.05) is 9.79 Å². The summed E-state index contributed by atoms with van der Waals surface area (Å²) in [5, 5.41) is 0. The van der Waals surface area contributed by atoms with E-state index in [-0.39, 0.29) is 19.6 Å². The Morgan fingerprint density at radius 1 is 0.595 bits per heavy atom. The SMILES string of the molecule is Cc1ccc(S(=O)(=O)N=S2c3ccccc3S(=O)(=NS(=O)(=O)c3ccc(C)cc3)c3ccccc32)cc1. The van der Waals surface area contributed by atoms with Crippen LogP contribution in [0.15, 0.2) is 134 Å². The minimum atomic E-state index is -4.32. The van der Waals surface area contributed by atoms with Gasteiger partial charge in [0.2, 0.25) is 0 Å². The van der Waals surface area contributed by atoms with Crippen molar-refractivity contribution in [3.63, 3.8) is 0 Å². The summed E-state index contributed by atoms with van der Waals surface area (Å²) in [4.78, 5) is 0.936. The van der Waals surface area contributed by atoms with E-state index in [1.807, 2.05) is 13.8 Å². The van der Waals surface area contributed by atoms with Crippen LogP contribution in [-0.2, 0) is 40.5 Å². The fourth-order valence-electron chi connectivity index (χ4n) is 3.82. The Hall–Kier alpha value is -3.12. The van der Waals surface area contributed by atoms with Crippen molar-refractivity contribution in [3.8, 4) is 0 Å². The topological polar surface area (TPSA) is 110 Å². The van der Waals surface area contributed by atoms with Crippen LogP contribution >= 0.6 is 0 Å². The smallest absolute Gasteiger partial charge is 0.239 e. The molecule has 7 nitrogen and oxygen atoms in total. The molecule has 0 fully saturated rings. The normalized spacial score (nSPS) is 18.9. The van der Waals surface area contributed by atoms with Gasteiger partial charge in [0.05, 0.1) is 19.6 Å². The molecule has 4 aromatic carbocycles. The van der Waals surface area contributed by atoms with Gasteiger partial charge in [0.15, 0.2) is 0 Å². The average molecular weight is 571 g/mol. The molecule has 1 aliphatic rings. The van der Waals surface area contributed by atoms with Crippen LogP contribution in [0.2, 0.25) is 0 Å². The first-order chi connectivity index (χ1) is 17.5. The summed E-state index contributed by atoms with van der Waals surface area (Å²) in [7, 11) is -13.5. The van der Waals surface area contributed by atoms with Gasteiger partial charge in [-0.1, -0.05) is 63.4 Å². The lowest BCUT2D eigenvalue weighted by Gasteiger charge is -2.25. The highest BCUT2D eigenvalue weighted by atomic mass is 32.3. The summed E-state index contributed by atoms with van der Waals surface area (Å²) in [6.45, 7) is 3.68. The number of hydrogen-bond acceptors (Lipinski definition) is 5. The molecule has 0 radical (unpaired) electrons. The first-order valence-electron chi connectivity index (χ1n) is 11.1. The van der Waals surface area contributed by atoms with Crippen LogP contribution in [0.25, 0.3) is 0 Å². The summed E-state index contributed by atoms with van der Waals surface area (Å²) in [5.74, 6) is 0. The van der Waals surface area contributed by atoms with Crippen molar-refractivity contribution in [2.75, 3.05) is 0 Å². The molecule has 1 heterocycles. The van der Waals surface area contributed by atoms with E-state index in [2.05, 4.69) is 7.54 Å². The zero-order valence-electron chi connectivity index (χ0n) is 19.8. The molecule has 0 unspecified atom stereocenters. The minimum absolute atomic E-state index is 0.0403. The van der Waals surface area contributed by atoms with Gasteiger partial charge < -0.3 is 0 Å². The van der Waals surface area contributed by atoms with Crippen LogP contribution in [-0.4, -0.2) is 21.0 Å². The highest BCUT2D eigenvalue weighted by Gasteiger charge is 2.34. The van der Waals surface area contributed by atoms with Gasteiger partial charge in [-0.25, -0.2) is 4.21 Å². The number of sulfonamides is 2. The average Bonchev–Trinajstić information content (AvgIpc) is 2.87. The molecule has 0 amide bonds. The van der Waals surface area contributed by atoms with Crippen LogP contribution < -0.4 is 0 Å². The Kier molecular flexibility index (Phi) is 6.43. The maximum Gasteiger partial charge on any atom is 0.290 e. The first-order valence-corrected chi connectivity index (χ1v) is 16.7. The molecule has 37 heavy (non-hydrogen) atoms. The van der Waals surface area contributed by atoms with E-state index in [0.717, 1.165) is 11.1 Å². The zero-order valence-corrected chi connectivity index (χ0v) is 23.1. The number of hydrogen-bond donors (Lipinski definition) is 0. The van der Waals surface area contributed by atoms with Crippen molar-refractivity contribution < 1.29 is 21.0 Å². The van der Waals surface area contributed by atoms with Gasteiger partial charge in [-0.2, -0.15) is 16.8 Å². The van der Waals surface area contributed by atoms with E-state index in [1.165, 1.54) is 36.4 Å². The van der Waals surface area contributed by atoms with E-state index in [1.54, 1.807) is 60.7 Å². The number of nitrogens with zero attached hydrogens (tertiary/aromatic N) is 2. The number of rotatable bonds is 4. The van der Waals surface area contributed by atoms with Crippen molar-refractivity contribution >= 4 is 40.5 Å². The van der Waals surface area contributed by atoms with E-state index >= 15 is 0 Å². The number of fused-ring (bicyclic) bond motifs is 2. The minimum Gasteiger partial charge on any atom is -0.239 e. The molecule has 0 saturated heterocycles. The Morgan fingerprint density at radius 2 is 1.00 bits per heavy atom. The molecular weight excluding hydrogens is 549 g/mol. The van der Waals surface area contributed by atoms with Gasteiger partial charge >= 0.3 is 0 Å². The van der Waals surface area contributed by atoms with E-state index < -0.39 is 40.5 Å². The second-order valence-electron chi connectivity index (χ2n) is 8.43. The van der Waals surface area contributed by atoms with E-state index in [4.69, 9.17) is 0 Å². The van der Waals surface area contributed by atoms with Gasteiger partial charge in [0.25, 0.3) is 20.0 Å². The molecule has 0 N–H and O–H groups in total. The molecule has 0 aromatic heterocycles. The summed E-state index contributed by atoms with van der Waals surface area (Å²) < 4.78 is 76.0. The van der Waals surface area contributed by atoms with Crippen LogP contribution in [0.3, 0.4) is 0 Å². The third-order valence-corrected chi connectivity index (χ3v) is 14.2. The van der Waals surface area contributed by atoms with Crippen LogP contribution in [0, 0.1) is 13.8 Å². The predicted molar refractivity (Wildman–Crippen MR) is 143 cm³/mol. The molecule has 0 saturated carbocycles. The van der Waals surface area contributed by atoms with Gasteiger partial charge in [-0.05, 0) is 73.1 Å². The van der Waals surface area contributed by atoms with Gasteiger partial charge in [0.1, 0.15) is 9.73 Å². The Balaban J connectivity index is 1.79. The van der Waals surface area contributed by atoms with E-state index in [0.29, 0.717) is 9.79 Å². The lowest BCUT2D eigenvalue weighted by atomic mass is 10.2. The highest BCUT2D eigenvalue weighted by Crippen LogP contribution is 2.42. The van der Waals surface area contributed by atoms with E-state index in [9.17, 15) is 21.0 Å². The molecule has 1 aliphatic heterocycles. The second-order valence-corrected chi connectivity index (χ2v) is 15.8. The second kappa shape index (κ2) is 9.32. The van der Waals surface area contributed by atoms with Gasteiger partial charge in [-0.3, -0.25) is 0 Å². The lowest BCUT2D eigenvalue weighted by Crippen LogP contribution is -2.18. The quantitative estimate of drug-likeness (QED) is 0.283. The Morgan fingerprint density at radius 3 is 1.46 bits per heavy atom. The Labute approximate surface area is 219 Å². The largest absolute Gasteiger partial charge is 0.290 e. The number of aryl methyl sites for hydroxylation is 2. The molecular formula is C26H22N2O5S4. The van der Waals surface area contributed by atoms with Crippen LogP contribution in [0.4, 0.5) is 0 Å². The molecule has 0 spiro atoms. The maximum absolute atomic E-state index is 14.6. The maximum atomic E-state index is 14.6. The molecule has 11 heteroatoms. The zero-order chi connectivity index (χ0) is 26.4. The standard InChI is InChI=1S/C26H22N2O5S4/c1-19-11-15-21(16-12-19)36(30,31)27-34-23-7-3-5-9-25(23)35(29,26-10-6-4-8-24(26)34)28-37(32,33)22-17-13-20(2)14-18-22/h3-18H,1-2H3. The molecule has 0 aliphatic carbocycles. The van der Waals surface area contributed by atoms with Crippen molar-refractivity contribution in [1.29, 1.82) is 0 Å². The predicted octanol–water partition coefficient (Wildman–Crippen LogP) is 5.50. The van der Waals surface area contributed by atoms with Crippen molar-refractivity contribution in [1.82, 2.24) is 0 Å². The van der Waals surface area contributed by atoms with Crippen LogP contribution in [0.5, 0.6) is 0 Å². The summed E-state index contributed by atoms with van der Waals surface area (Å²) in [6, 6.07) is 25.4. The summed E-state index contributed by atoms with van der Waals surface area (Å²) in [5.41, 5.74) is 1.78. The lowest BCUT2D eigenvalue weighted by molar-refractivity contribution is 0.596. The third kappa shape index (κ3) is 4.68. The molecule has 0 atom stereocenters. The van der Waals surface area contributed by atoms with Crippen molar-refractivity contribution in [3.05, 3.63) is 108 Å². The molecule has 4 aromatic rings. The highest BCUT2D eigenvalue weighted by molar-refractivity contribution is 8.05. The Bertz CT molecular complexity index is 1850. The molecule has 0 bridgehead atoms. The molecule has 5 rings (SSSR count). The first kappa shape index (κ1) is 25.5. The van der Waals surface area contributed by atoms with Crippen molar-refractivity contribution in [2.24, 2.45) is 7.54 Å². The molecule has 190 valence electrons. The third-order valence-electron chi connectivity index (χ3n) is 5.72. The van der Waals surface area contributed by atoms with Crippen LogP contribution in [0.1, 0.15) is 11.1 Å². The monoisotopic (exact) mass is 570 g/mol. The fraction of sp³-hybridized carbons (Fsp3) is 0.0769. The fourth-order valence-corrected chi connectivity index (χ4v) is 12.4. The number of benzene rings is 4. The van der Waals surface area contributed by atoms with Gasteiger partial charge in [-0.15, -0.1) is 3.77 Å². The van der Waals surface area contributed by atoms with Crippen molar-refractivity contribution in [2.45, 2.75) is 43.2 Å². The summed E-state index contributed by atoms with van der Waals surface area (Å²) in [6.07, 6.45) is 0. The summed E-state index contributed by atoms with van der Waals surface area (Å²) >= 11 is 0.